The molecule has 0 aliphatic heterocycles. The van der Waals surface area contributed by atoms with E-state index >= 15 is 0 Å². The first-order valence-corrected chi connectivity index (χ1v) is 6.14. The maximum absolute atomic E-state index is 13.2. The van der Waals surface area contributed by atoms with Crippen LogP contribution in [0, 0.1) is 18.7 Å². The summed E-state index contributed by atoms with van der Waals surface area (Å²) in [4.78, 5) is 11.2. The summed E-state index contributed by atoms with van der Waals surface area (Å²) in [6.07, 6.45) is 0.814. The number of carbonyl (C=O) groups is 1. The van der Waals surface area contributed by atoms with Gasteiger partial charge in [-0.2, -0.15) is 0 Å². The third kappa shape index (κ3) is 3.53. The summed E-state index contributed by atoms with van der Waals surface area (Å²) < 4.78 is 13.2. The average molecular weight is 254 g/mol. The normalized spacial score (nSPS) is 14.2. The van der Waals surface area contributed by atoms with E-state index in [-0.39, 0.29) is 0 Å². The number of aryl methyl sites for hydroxylation is 1. The highest BCUT2D eigenvalue weighted by Gasteiger charge is 2.28. The van der Waals surface area contributed by atoms with E-state index in [0.717, 1.165) is 12.8 Å². The van der Waals surface area contributed by atoms with Crippen LogP contribution >= 0.6 is 0 Å². The van der Waals surface area contributed by atoms with Gasteiger partial charge in [0.1, 0.15) is 5.82 Å². The van der Waals surface area contributed by atoms with E-state index in [4.69, 9.17) is 5.11 Å². The zero-order chi connectivity index (χ0) is 13.7. The van der Waals surface area contributed by atoms with Crippen LogP contribution in [-0.2, 0) is 4.79 Å². The van der Waals surface area contributed by atoms with Gasteiger partial charge in [-0.1, -0.05) is 25.8 Å². The van der Waals surface area contributed by atoms with Crippen molar-refractivity contribution in [2.75, 3.05) is 0 Å². The monoisotopic (exact) mass is 254 g/mol. The Hall–Kier alpha value is -1.42. The van der Waals surface area contributed by atoms with Crippen molar-refractivity contribution in [3.05, 3.63) is 35.1 Å². The predicted molar refractivity (Wildman–Crippen MR) is 66.7 cm³/mol. The molecule has 2 N–H and O–H groups in total. The van der Waals surface area contributed by atoms with Gasteiger partial charge < -0.3 is 10.2 Å². The van der Waals surface area contributed by atoms with Crippen LogP contribution in [0.5, 0.6) is 0 Å². The van der Waals surface area contributed by atoms with Gasteiger partial charge in [-0.3, -0.25) is 4.79 Å². The van der Waals surface area contributed by atoms with Gasteiger partial charge >= 0.3 is 5.97 Å². The van der Waals surface area contributed by atoms with Crippen LogP contribution in [0.15, 0.2) is 18.2 Å². The largest absolute Gasteiger partial charge is 0.481 e. The second-order valence-electron chi connectivity index (χ2n) is 4.53. The number of aliphatic hydroxyl groups excluding tert-OH is 1. The molecule has 0 saturated heterocycles. The Labute approximate surface area is 106 Å². The second-order valence-corrected chi connectivity index (χ2v) is 4.53. The standard InChI is InChI=1S/C14H19FO3/c1-3-4-5-11(14(17)18)13(16)12-8-10(15)7-6-9(12)2/h6-8,11,13,16H,3-5H2,1-2H3,(H,17,18). The molecule has 100 valence electrons. The number of carboxylic acids is 1. The molecule has 3 nitrogen and oxygen atoms in total. The molecular weight excluding hydrogens is 235 g/mol. The van der Waals surface area contributed by atoms with Gasteiger partial charge in [0.05, 0.1) is 12.0 Å². The molecule has 0 amide bonds. The van der Waals surface area contributed by atoms with E-state index in [1.165, 1.54) is 12.1 Å². The van der Waals surface area contributed by atoms with Crippen molar-refractivity contribution in [2.45, 2.75) is 39.2 Å². The lowest BCUT2D eigenvalue weighted by molar-refractivity contribution is -0.146. The summed E-state index contributed by atoms with van der Waals surface area (Å²) in [5, 5.41) is 19.3. The fourth-order valence-electron chi connectivity index (χ4n) is 1.99. The number of rotatable bonds is 6. The van der Waals surface area contributed by atoms with Gasteiger partial charge in [0.2, 0.25) is 0 Å². The van der Waals surface area contributed by atoms with Crippen LogP contribution in [-0.4, -0.2) is 16.2 Å². The molecule has 0 aromatic heterocycles. The summed E-state index contributed by atoms with van der Waals surface area (Å²) in [5.41, 5.74) is 1.06. The number of benzene rings is 1. The summed E-state index contributed by atoms with van der Waals surface area (Å²) >= 11 is 0. The van der Waals surface area contributed by atoms with Crippen molar-refractivity contribution < 1.29 is 19.4 Å². The number of hydrogen-bond acceptors (Lipinski definition) is 2. The van der Waals surface area contributed by atoms with Gasteiger partial charge in [-0.15, -0.1) is 0 Å². The molecular formula is C14H19FO3. The Morgan fingerprint density at radius 3 is 2.67 bits per heavy atom. The Bertz CT molecular complexity index is 418. The molecule has 1 aromatic carbocycles. The molecule has 2 unspecified atom stereocenters. The maximum Gasteiger partial charge on any atom is 0.309 e. The number of aliphatic hydroxyl groups is 1. The lowest BCUT2D eigenvalue weighted by atomic mass is 9.89. The molecule has 0 aliphatic carbocycles. The molecule has 0 fully saturated rings. The van der Waals surface area contributed by atoms with Crippen LogP contribution < -0.4 is 0 Å². The van der Waals surface area contributed by atoms with E-state index < -0.39 is 23.8 Å². The zero-order valence-corrected chi connectivity index (χ0v) is 10.7. The first-order valence-electron chi connectivity index (χ1n) is 6.14. The Kier molecular flexibility index (Phi) is 5.28. The quantitative estimate of drug-likeness (QED) is 0.820. The van der Waals surface area contributed by atoms with E-state index in [9.17, 15) is 14.3 Å². The van der Waals surface area contributed by atoms with Gasteiger partial charge in [-0.05, 0) is 36.6 Å². The molecule has 1 aromatic rings. The Morgan fingerprint density at radius 1 is 1.44 bits per heavy atom. The van der Waals surface area contributed by atoms with Crippen molar-refractivity contribution in [3.63, 3.8) is 0 Å². The highest BCUT2D eigenvalue weighted by Crippen LogP contribution is 2.29. The number of halogens is 1. The predicted octanol–water partition coefficient (Wildman–Crippen LogP) is 3.06. The van der Waals surface area contributed by atoms with Gasteiger partial charge in [0, 0.05) is 0 Å². The highest BCUT2D eigenvalue weighted by atomic mass is 19.1. The van der Waals surface area contributed by atoms with Gasteiger partial charge in [-0.25, -0.2) is 4.39 Å². The zero-order valence-electron chi connectivity index (χ0n) is 10.7. The molecule has 18 heavy (non-hydrogen) atoms. The Balaban J connectivity index is 2.97. The van der Waals surface area contributed by atoms with Crippen molar-refractivity contribution in [2.24, 2.45) is 5.92 Å². The third-order valence-electron chi connectivity index (χ3n) is 3.13. The summed E-state index contributed by atoms with van der Waals surface area (Å²) in [6.45, 7) is 3.69. The number of carboxylic acid groups (broad SMARTS) is 1. The molecule has 4 heteroatoms. The van der Waals surface area contributed by atoms with Crippen molar-refractivity contribution >= 4 is 5.97 Å². The summed E-state index contributed by atoms with van der Waals surface area (Å²) in [7, 11) is 0. The molecule has 0 radical (unpaired) electrons. The first kappa shape index (κ1) is 14.6. The van der Waals surface area contributed by atoms with E-state index in [2.05, 4.69) is 0 Å². The lowest BCUT2D eigenvalue weighted by Gasteiger charge is -2.21. The fraction of sp³-hybridized carbons (Fsp3) is 0.500. The van der Waals surface area contributed by atoms with Crippen LogP contribution in [0.2, 0.25) is 0 Å². The first-order chi connectivity index (χ1) is 8.47. The van der Waals surface area contributed by atoms with Crippen LogP contribution in [0.3, 0.4) is 0 Å². The molecule has 0 heterocycles. The fourth-order valence-corrected chi connectivity index (χ4v) is 1.99. The average Bonchev–Trinajstić information content (AvgIpc) is 2.32. The second kappa shape index (κ2) is 6.50. The van der Waals surface area contributed by atoms with Crippen molar-refractivity contribution in [1.82, 2.24) is 0 Å². The Morgan fingerprint density at radius 2 is 2.11 bits per heavy atom. The van der Waals surface area contributed by atoms with Crippen LogP contribution in [0.1, 0.15) is 43.4 Å². The summed E-state index contributed by atoms with van der Waals surface area (Å²) in [5.74, 6) is -2.39. The maximum atomic E-state index is 13.2. The molecule has 0 aliphatic rings. The van der Waals surface area contributed by atoms with Gasteiger partial charge in [0.15, 0.2) is 0 Å². The highest BCUT2D eigenvalue weighted by molar-refractivity contribution is 5.71. The topological polar surface area (TPSA) is 57.5 Å². The third-order valence-corrected chi connectivity index (χ3v) is 3.13. The number of unbranched alkanes of at least 4 members (excludes halogenated alkanes) is 1. The molecule has 0 saturated carbocycles. The summed E-state index contributed by atoms with van der Waals surface area (Å²) in [6, 6.07) is 4.06. The minimum absolute atomic E-state index is 0.360. The number of hydrogen-bond donors (Lipinski definition) is 2. The van der Waals surface area contributed by atoms with Crippen LogP contribution in [0.4, 0.5) is 4.39 Å². The number of aliphatic carboxylic acids is 1. The molecule has 0 spiro atoms. The van der Waals surface area contributed by atoms with E-state index in [0.29, 0.717) is 17.5 Å². The SMILES string of the molecule is CCCCC(C(=O)O)C(O)c1cc(F)ccc1C. The van der Waals surface area contributed by atoms with Gasteiger partial charge in [0.25, 0.3) is 0 Å². The molecule has 2 atom stereocenters. The van der Waals surface area contributed by atoms with Crippen molar-refractivity contribution in [1.29, 1.82) is 0 Å². The van der Waals surface area contributed by atoms with E-state index in [1.807, 2.05) is 6.92 Å². The molecule has 0 bridgehead atoms. The van der Waals surface area contributed by atoms with Crippen LogP contribution in [0.25, 0.3) is 0 Å². The minimum Gasteiger partial charge on any atom is -0.481 e. The lowest BCUT2D eigenvalue weighted by Crippen LogP contribution is -2.22. The molecule has 1 rings (SSSR count). The van der Waals surface area contributed by atoms with Crippen molar-refractivity contribution in [3.8, 4) is 0 Å². The smallest absolute Gasteiger partial charge is 0.309 e. The van der Waals surface area contributed by atoms with E-state index in [1.54, 1.807) is 13.0 Å². The minimum atomic E-state index is -1.16.